The van der Waals surface area contributed by atoms with Gasteiger partial charge in [0, 0.05) is 17.3 Å². The van der Waals surface area contributed by atoms with Gasteiger partial charge in [0.05, 0.1) is 0 Å². The lowest BCUT2D eigenvalue weighted by molar-refractivity contribution is 0.495. The van der Waals surface area contributed by atoms with Gasteiger partial charge in [-0.1, -0.05) is 19.8 Å². The average molecular weight is 164 g/mol. The second kappa shape index (κ2) is 5.82. The Labute approximate surface area is 64.6 Å². The molecule has 0 radical (unpaired) electrons. The first-order valence-corrected chi connectivity index (χ1v) is 4.59. The maximum absolute atomic E-state index is 10.1. The number of rotatable bonds is 5. The molecule has 2 atom stereocenters. The summed E-state index contributed by atoms with van der Waals surface area (Å²) in [5.74, 6) is 0. The Kier molecular flexibility index (Phi) is 5.87. The number of unbranched alkanes of at least 4 members (excludes halogenated alkanes) is 1. The van der Waals surface area contributed by atoms with Crippen molar-refractivity contribution in [3.05, 3.63) is 0 Å². The summed E-state index contributed by atoms with van der Waals surface area (Å²) in [7, 11) is 0. The molecule has 2 unspecified atom stereocenters. The Morgan fingerprint density at radius 2 is 2.30 bits per heavy atom. The molecular formula is C6H14NO2S-. The van der Waals surface area contributed by atoms with Crippen LogP contribution in [0.25, 0.3) is 0 Å². The Balaban J connectivity index is 3.25. The van der Waals surface area contributed by atoms with Crippen molar-refractivity contribution < 1.29 is 8.76 Å². The maximum Gasteiger partial charge on any atom is 0.0183 e. The summed E-state index contributed by atoms with van der Waals surface area (Å²) >= 11 is -2.10. The standard InChI is InChI=1S/C6H15NO2S/c1-3-4-5-6(2)7-10(8)9/h6-7H,3-5H2,1-2H3,(H,8,9)/p-1. The van der Waals surface area contributed by atoms with E-state index in [0.717, 1.165) is 19.3 Å². The molecule has 0 aliphatic heterocycles. The largest absolute Gasteiger partial charge is 0.760 e. The lowest BCUT2D eigenvalue weighted by Crippen LogP contribution is -2.27. The highest BCUT2D eigenvalue weighted by Gasteiger charge is 1.97. The van der Waals surface area contributed by atoms with Gasteiger partial charge in [0.1, 0.15) is 0 Å². The molecule has 1 N–H and O–H groups in total. The van der Waals surface area contributed by atoms with Crippen LogP contribution in [0.4, 0.5) is 0 Å². The summed E-state index contributed by atoms with van der Waals surface area (Å²) in [6.07, 6.45) is 3.10. The first kappa shape index (κ1) is 10.1. The lowest BCUT2D eigenvalue weighted by Gasteiger charge is -2.14. The van der Waals surface area contributed by atoms with Gasteiger partial charge < -0.3 is 4.55 Å². The third-order valence-corrected chi connectivity index (χ3v) is 1.88. The molecule has 0 saturated carbocycles. The molecule has 0 bridgehead atoms. The van der Waals surface area contributed by atoms with Gasteiger partial charge in [0.25, 0.3) is 0 Å². The second-order valence-electron chi connectivity index (χ2n) is 2.40. The molecular weight excluding hydrogens is 150 g/mol. The molecule has 0 aromatic heterocycles. The van der Waals surface area contributed by atoms with Crippen molar-refractivity contribution >= 4 is 11.3 Å². The highest BCUT2D eigenvalue weighted by molar-refractivity contribution is 7.77. The summed E-state index contributed by atoms with van der Waals surface area (Å²) < 4.78 is 22.5. The number of nitrogens with one attached hydrogen (secondary N) is 1. The van der Waals surface area contributed by atoms with E-state index >= 15 is 0 Å². The van der Waals surface area contributed by atoms with E-state index in [-0.39, 0.29) is 6.04 Å². The number of hydrogen-bond donors (Lipinski definition) is 1. The van der Waals surface area contributed by atoms with E-state index in [1.54, 1.807) is 0 Å². The van der Waals surface area contributed by atoms with Gasteiger partial charge >= 0.3 is 0 Å². The lowest BCUT2D eigenvalue weighted by atomic mass is 10.2. The molecule has 0 aromatic rings. The van der Waals surface area contributed by atoms with Gasteiger partial charge in [0.2, 0.25) is 0 Å². The Morgan fingerprint density at radius 1 is 1.70 bits per heavy atom. The van der Waals surface area contributed by atoms with E-state index in [9.17, 15) is 8.76 Å². The summed E-state index contributed by atoms with van der Waals surface area (Å²) in [6, 6.07) is 0.0817. The second-order valence-corrected chi connectivity index (χ2v) is 3.10. The van der Waals surface area contributed by atoms with Crippen molar-refractivity contribution in [3.63, 3.8) is 0 Å². The SMILES string of the molecule is CCCCC(C)NS(=O)[O-]. The minimum absolute atomic E-state index is 0.0817. The molecule has 0 amide bonds. The maximum atomic E-state index is 10.1. The quantitative estimate of drug-likeness (QED) is 0.615. The molecule has 0 heterocycles. The zero-order valence-electron chi connectivity index (χ0n) is 6.42. The van der Waals surface area contributed by atoms with Crippen molar-refractivity contribution in [2.75, 3.05) is 0 Å². The van der Waals surface area contributed by atoms with Gasteiger partial charge in [-0.2, -0.15) is 0 Å². The highest BCUT2D eigenvalue weighted by atomic mass is 32.2. The van der Waals surface area contributed by atoms with Crippen LogP contribution >= 0.6 is 0 Å². The van der Waals surface area contributed by atoms with E-state index in [0.29, 0.717) is 0 Å². The molecule has 3 nitrogen and oxygen atoms in total. The molecule has 4 heteroatoms. The van der Waals surface area contributed by atoms with Gasteiger partial charge in [-0.05, 0) is 13.3 Å². The summed E-state index contributed by atoms with van der Waals surface area (Å²) in [4.78, 5) is 0. The van der Waals surface area contributed by atoms with E-state index in [1.807, 2.05) is 6.92 Å². The van der Waals surface area contributed by atoms with Crippen LogP contribution in [0.2, 0.25) is 0 Å². The molecule has 0 fully saturated rings. The van der Waals surface area contributed by atoms with Crippen molar-refractivity contribution in [3.8, 4) is 0 Å². The molecule has 0 aromatic carbocycles. The fourth-order valence-electron chi connectivity index (χ4n) is 0.734. The van der Waals surface area contributed by atoms with Crippen LogP contribution in [0.3, 0.4) is 0 Å². The van der Waals surface area contributed by atoms with Crippen LogP contribution in [0.1, 0.15) is 33.1 Å². The van der Waals surface area contributed by atoms with E-state index in [2.05, 4.69) is 11.6 Å². The molecule has 0 aliphatic rings. The Bertz CT molecular complexity index is 108. The predicted molar refractivity (Wildman–Crippen MR) is 41.0 cm³/mol. The Morgan fingerprint density at radius 3 is 2.70 bits per heavy atom. The zero-order valence-corrected chi connectivity index (χ0v) is 7.24. The summed E-state index contributed by atoms with van der Waals surface area (Å²) in [5, 5.41) is 0. The monoisotopic (exact) mass is 164 g/mol. The highest BCUT2D eigenvalue weighted by Crippen LogP contribution is 1.98. The van der Waals surface area contributed by atoms with Crippen molar-refractivity contribution in [1.82, 2.24) is 4.72 Å². The van der Waals surface area contributed by atoms with Crippen LogP contribution in [-0.4, -0.2) is 14.8 Å². The molecule has 0 aliphatic carbocycles. The molecule has 0 saturated heterocycles. The van der Waals surface area contributed by atoms with Crippen molar-refractivity contribution in [1.29, 1.82) is 0 Å². The molecule has 0 spiro atoms. The first-order chi connectivity index (χ1) is 4.66. The van der Waals surface area contributed by atoms with Gasteiger partial charge in [-0.3, -0.25) is 4.21 Å². The van der Waals surface area contributed by atoms with Crippen LogP contribution in [0.15, 0.2) is 0 Å². The van der Waals surface area contributed by atoms with Crippen LogP contribution in [0, 0.1) is 0 Å². The number of hydrogen-bond acceptors (Lipinski definition) is 2. The third kappa shape index (κ3) is 6.19. The summed E-state index contributed by atoms with van der Waals surface area (Å²) in [6.45, 7) is 3.95. The van der Waals surface area contributed by atoms with Gasteiger partial charge in [0.15, 0.2) is 0 Å². The van der Waals surface area contributed by atoms with Crippen LogP contribution in [-0.2, 0) is 11.3 Å². The topological polar surface area (TPSA) is 52.2 Å². The van der Waals surface area contributed by atoms with Crippen molar-refractivity contribution in [2.24, 2.45) is 0 Å². The minimum atomic E-state index is -2.10. The molecule has 10 heavy (non-hydrogen) atoms. The fourth-order valence-corrected chi connectivity index (χ4v) is 1.18. The van der Waals surface area contributed by atoms with Gasteiger partial charge in [-0.25, -0.2) is 4.72 Å². The van der Waals surface area contributed by atoms with E-state index < -0.39 is 11.3 Å². The minimum Gasteiger partial charge on any atom is -0.760 e. The molecule has 0 rings (SSSR count). The van der Waals surface area contributed by atoms with E-state index in [4.69, 9.17) is 0 Å². The molecule has 62 valence electrons. The average Bonchev–Trinajstić information content (AvgIpc) is 1.82. The first-order valence-electron chi connectivity index (χ1n) is 3.52. The zero-order chi connectivity index (χ0) is 7.98. The van der Waals surface area contributed by atoms with Crippen LogP contribution in [0.5, 0.6) is 0 Å². The van der Waals surface area contributed by atoms with Gasteiger partial charge in [-0.15, -0.1) is 0 Å². The van der Waals surface area contributed by atoms with E-state index in [1.165, 1.54) is 0 Å². The van der Waals surface area contributed by atoms with Crippen molar-refractivity contribution in [2.45, 2.75) is 39.2 Å². The predicted octanol–water partition coefficient (Wildman–Crippen LogP) is 0.949. The summed E-state index contributed by atoms with van der Waals surface area (Å²) in [5.41, 5.74) is 0. The normalized spacial score (nSPS) is 16.7. The van der Waals surface area contributed by atoms with Crippen LogP contribution < -0.4 is 4.72 Å². The smallest absolute Gasteiger partial charge is 0.0183 e. The Hall–Kier alpha value is 0.0700. The third-order valence-electron chi connectivity index (χ3n) is 1.29. The fraction of sp³-hybridized carbons (Fsp3) is 1.00.